The van der Waals surface area contributed by atoms with Gasteiger partial charge in [-0.25, -0.2) is 4.98 Å². The molecule has 0 spiro atoms. The summed E-state index contributed by atoms with van der Waals surface area (Å²) < 4.78 is 8.24. The molecule has 8 rings (SSSR count). The molecule has 0 aliphatic heterocycles. The SMILES string of the molecule is c1ccc(-c2nnc3c4c(c(OCc5cnc6ccccc6n5)nn23)C2CCC4CC2)cc1. The predicted octanol–water partition coefficient (Wildman–Crippen LogP) is 5.07. The summed E-state index contributed by atoms with van der Waals surface area (Å²) in [7, 11) is 0. The minimum Gasteiger partial charge on any atom is -0.470 e. The van der Waals surface area contributed by atoms with Crippen molar-refractivity contribution in [2.24, 2.45) is 0 Å². The second kappa shape index (κ2) is 7.33. The van der Waals surface area contributed by atoms with E-state index < -0.39 is 0 Å². The van der Waals surface area contributed by atoms with Gasteiger partial charge in [0.1, 0.15) is 6.61 Å². The minimum absolute atomic E-state index is 0.322. The summed E-state index contributed by atoms with van der Waals surface area (Å²) in [5.74, 6) is 2.38. The predicted molar refractivity (Wildman–Crippen MR) is 124 cm³/mol. The molecule has 0 N–H and O–H groups in total. The standard InChI is InChI=1S/C26H22N6O/c1-2-6-18(7-3-1)24-29-30-25-22-16-10-12-17(13-11-16)23(22)26(31-32(24)25)33-15-19-14-27-20-8-4-5-9-21(20)28-19/h1-9,14,16-17H,10-13,15H2. The van der Waals surface area contributed by atoms with E-state index in [0.717, 1.165) is 33.8 Å². The quantitative estimate of drug-likeness (QED) is 0.393. The van der Waals surface area contributed by atoms with Crippen molar-refractivity contribution in [1.82, 2.24) is 29.8 Å². The van der Waals surface area contributed by atoms with Gasteiger partial charge in [-0.1, -0.05) is 42.5 Å². The van der Waals surface area contributed by atoms with Crippen LogP contribution in [0.15, 0.2) is 60.8 Å². The third-order valence-corrected chi connectivity index (χ3v) is 7.02. The molecule has 0 atom stereocenters. The summed E-state index contributed by atoms with van der Waals surface area (Å²) in [5, 5.41) is 14.1. The molecule has 5 aromatic rings. The van der Waals surface area contributed by atoms with Crippen LogP contribution in [0.4, 0.5) is 0 Å². The maximum Gasteiger partial charge on any atom is 0.236 e. The van der Waals surface area contributed by atoms with Crippen LogP contribution in [0.1, 0.15) is 54.3 Å². The number of aromatic nitrogens is 6. The van der Waals surface area contributed by atoms with Crippen LogP contribution in [0.2, 0.25) is 0 Å². The number of benzene rings is 2. The molecular weight excluding hydrogens is 412 g/mol. The molecule has 162 valence electrons. The highest BCUT2D eigenvalue weighted by Gasteiger charge is 2.39. The molecule has 0 saturated heterocycles. The van der Waals surface area contributed by atoms with Crippen LogP contribution in [0.5, 0.6) is 5.88 Å². The van der Waals surface area contributed by atoms with Crippen LogP contribution in [0.3, 0.4) is 0 Å². The van der Waals surface area contributed by atoms with E-state index in [1.807, 2.05) is 59.1 Å². The maximum absolute atomic E-state index is 6.37. The van der Waals surface area contributed by atoms with Gasteiger partial charge >= 0.3 is 0 Å². The molecule has 3 aliphatic carbocycles. The Morgan fingerprint density at radius 3 is 2.36 bits per heavy atom. The summed E-state index contributed by atoms with van der Waals surface area (Å²) in [6.45, 7) is 0.322. The van der Waals surface area contributed by atoms with E-state index in [1.165, 1.54) is 36.8 Å². The molecule has 0 amide bonds. The van der Waals surface area contributed by atoms with Gasteiger partial charge < -0.3 is 4.74 Å². The molecule has 1 saturated carbocycles. The summed E-state index contributed by atoms with van der Waals surface area (Å²) in [4.78, 5) is 9.25. The molecular formula is C26H22N6O. The number of hydrogen-bond acceptors (Lipinski definition) is 6. The fraction of sp³-hybridized carbons (Fsp3) is 0.269. The molecule has 7 heteroatoms. The van der Waals surface area contributed by atoms with Crippen LogP contribution >= 0.6 is 0 Å². The molecule has 3 heterocycles. The third-order valence-electron chi connectivity index (χ3n) is 7.02. The summed E-state index contributed by atoms with van der Waals surface area (Å²) in [6.07, 6.45) is 6.54. The smallest absolute Gasteiger partial charge is 0.236 e. The zero-order valence-corrected chi connectivity index (χ0v) is 18.1. The van der Waals surface area contributed by atoms with E-state index in [4.69, 9.17) is 14.8 Å². The number of para-hydroxylation sites is 2. The Morgan fingerprint density at radius 1 is 0.818 bits per heavy atom. The molecule has 33 heavy (non-hydrogen) atoms. The van der Waals surface area contributed by atoms with Gasteiger partial charge in [0.15, 0.2) is 11.5 Å². The van der Waals surface area contributed by atoms with Gasteiger partial charge in [-0.3, -0.25) is 4.98 Å². The van der Waals surface area contributed by atoms with Gasteiger partial charge in [-0.15, -0.1) is 15.3 Å². The molecule has 0 unspecified atom stereocenters. The van der Waals surface area contributed by atoms with E-state index in [0.29, 0.717) is 24.3 Å². The van der Waals surface area contributed by atoms with Crippen LogP contribution in [-0.2, 0) is 6.61 Å². The minimum atomic E-state index is 0.322. The molecule has 0 radical (unpaired) electrons. The average Bonchev–Trinajstić information content (AvgIpc) is 3.32. The third kappa shape index (κ3) is 2.99. The van der Waals surface area contributed by atoms with Crippen molar-refractivity contribution in [1.29, 1.82) is 0 Å². The first-order chi connectivity index (χ1) is 16.3. The molecule has 2 aromatic carbocycles. The van der Waals surface area contributed by atoms with Crippen LogP contribution in [-0.4, -0.2) is 29.8 Å². The normalized spacial score (nSPS) is 19.2. The lowest BCUT2D eigenvalue weighted by molar-refractivity contribution is 0.265. The summed E-state index contributed by atoms with van der Waals surface area (Å²) >= 11 is 0. The van der Waals surface area contributed by atoms with Crippen molar-refractivity contribution >= 4 is 16.7 Å². The lowest BCUT2D eigenvalue weighted by Gasteiger charge is -2.38. The van der Waals surface area contributed by atoms with E-state index in [-0.39, 0.29) is 0 Å². The van der Waals surface area contributed by atoms with Crippen molar-refractivity contribution < 1.29 is 4.74 Å². The van der Waals surface area contributed by atoms with Crippen molar-refractivity contribution in [2.45, 2.75) is 44.1 Å². The fourth-order valence-electron chi connectivity index (χ4n) is 5.47. The topological polar surface area (TPSA) is 78.1 Å². The van der Waals surface area contributed by atoms with E-state index in [2.05, 4.69) is 15.2 Å². The molecule has 2 bridgehead atoms. The average molecular weight is 435 g/mol. The molecule has 3 aromatic heterocycles. The number of nitrogens with zero attached hydrogens (tertiary/aromatic N) is 6. The lowest BCUT2D eigenvalue weighted by atomic mass is 9.67. The number of fused-ring (bicyclic) bond motifs is 4. The summed E-state index contributed by atoms with van der Waals surface area (Å²) in [6, 6.07) is 18.0. The lowest BCUT2D eigenvalue weighted by Crippen LogP contribution is -2.25. The Morgan fingerprint density at radius 2 is 1.55 bits per heavy atom. The number of ether oxygens (including phenoxy) is 1. The molecule has 7 nitrogen and oxygen atoms in total. The van der Waals surface area contributed by atoms with Crippen LogP contribution < -0.4 is 4.74 Å². The first-order valence-electron chi connectivity index (χ1n) is 11.5. The monoisotopic (exact) mass is 434 g/mol. The van der Waals surface area contributed by atoms with Crippen molar-refractivity contribution in [2.75, 3.05) is 0 Å². The second-order valence-corrected chi connectivity index (χ2v) is 8.94. The van der Waals surface area contributed by atoms with Gasteiger partial charge in [0.2, 0.25) is 5.88 Å². The zero-order valence-electron chi connectivity index (χ0n) is 18.1. The van der Waals surface area contributed by atoms with Gasteiger partial charge in [-0.2, -0.15) is 4.52 Å². The fourth-order valence-corrected chi connectivity index (χ4v) is 5.47. The first-order valence-corrected chi connectivity index (χ1v) is 11.5. The maximum atomic E-state index is 6.37. The summed E-state index contributed by atoms with van der Waals surface area (Å²) in [5.41, 5.74) is 6.91. The largest absolute Gasteiger partial charge is 0.470 e. The van der Waals surface area contributed by atoms with Crippen molar-refractivity contribution in [3.8, 4) is 17.3 Å². The van der Waals surface area contributed by atoms with Crippen molar-refractivity contribution in [3.63, 3.8) is 0 Å². The Balaban J connectivity index is 1.34. The Bertz CT molecular complexity index is 1490. The Hall–Kier alpha value is -3.87. The van der Waals surface area contributed by atoms with Gasteiger partial charge in [-0.05, 0) is 49.7 Å². The van der Waals surface area contributed by atoms with Crippen LogP contribution in [0, 0.1) is 0 Å². The molecule has 3 aliphatic rings. The first kappa shape index (κ1) is 18.7. The van der Waals surface area contributed by atoms with Gasteiger partial charge in [0.05, 0.1) is 22.9 Å². The second-order valence-electron chi connectivity index (χ2n) is 8.94. The Kier molecular flexibility index (Phi) is 4.15. The zero-order chi connectivity index (χ0) is 21.8. The number of rotatable bonds is 4. The highest BCUT2D eigenvalue weighted by Crippen LogP contribution is 2.53. The number of hydrogen-bond donors (Lipinski definition) is 0. The van der Waals surface area contributed by atoms with Gasteiger partial charge in [0, 0.05) is 16.7 Å². The van der Waals surface area contributed by atoms with Gasteiger partial charge in [0.25, 0.3) is 0 Å². The highest BCUT2D eigenvalue weighted by atomic mass is 16.5. The Labute approximate surface area is 190 Å². The van der Waals surface area contributed by atoms with E-state index in [9.17, 15) is 0 Å². The molecule has 1 fully saturated rings. The highest BCUT2D eigenvalue weighted by molar-refractivity contribution is 5.73. The van der Waals surface area contributed by atoms with E-state index in [1.54, 1.807) is 6.20 Å². The van der Waals surface area contributed by atoms with Crippen LogP contribution in [0.25, 0.3) is 28.1 Å². The van der Waals surface area contributed by atoms with E-state index >= 15 is 0 Å². The van der Waals surface area contributed by atoms with Crippen molar-refractivity contribution in [3.05, 3.63) is 77.6 Å².